The highest BCUT2D eigenvalue weighted by molar-refractivity contribution is 7.19. The van der Waals surface area contributed by atoms with Gasteiger partial charge in [-0.05, 0) is 34.4 Å². The number of nitrogens with zero attached hydrogens (tertiary/aromatic N) is 2. The highest BCUT2D eigenvalue weighted by Gasteiger charge is 2.30. The molecule has 1 aliphatic rings. The lowest BCUT2D eigenvalue weighted by molar-refractivity contribution is 0.102. The van der Waals surface area contributed by atoms with E-state index in [9.17, 15) is 4.79 Å². The van der Waals surface area contributed by atoms with Crippen molar-refractivity contribution >= 4 is 27.8 Å². The van der Waals surface area contributed by atoms with E-state index in [1.807, 2.05) is 13.8 Å². The summed E-state index contributed by atoms with van der Waals surface area (Å²) in [5.41, 5.74) is 6.63. The van der Waals surface area contributed by atoms with Crippen molar-refractivity contribution < 1.29 is 9.53 Å². The number of thiophene rings is 1. The van der Waals surface area contributed by atoms with Crippen LogP contribution in [0.1, 0.15) is 36.9 Å². The van der Waals surface area contributed by atoms with Crippen molar-refractivity contribution in [1.82, 2.24) is 4.90 Å². The van der Waals surface area contributed by atoms with Gasteiger partial charge in [0.15, 0.2) is 11.5 Å². The van der Waals surface area contributed by atoms with Crippen molar-refractivity contribution in [3.05, 3.63) is 4.88 Å². The third-order valence-corrected chi connectivity index (χ3v) is 5.08. The fourth-order valence-electron chi connectivity index (χ4n) is 2.58. The number of carbonyl (C=O) groups excluding carboxylic acids is 1. The third kappa shape index (κ3) is 3.32. The molecule has 0 saturated carbocycles. The second kappa shape index (κ2) is 6.23. The lowest BCUT2D eigenvalue weighted by Crippen LogP contribution is -2.31. The molecule has 1 fully saturated rings. The van der Waals surface area contributed by atoms with Crippen LogP contribution in [0.25, 0.3) is 0 Å². The maximum atomic E-state index is 11.8. The highest BCUT2D eigenvalue weighted by atomic mass is 32.1. The Morgan fingerprint density at radius 2 is 2.14 bits per heavy atom. The molecule has 21 heavy (non-hydrogen) atoms. The fourth-order valence-corrected chi connectivity index (χ4v) is 3.67. The number of rotatable bonds is 5. The van der Waals surface area contributed by atoms with Crippen molar-refractivity contribution in [2.75, 3.05) is 37.8 Å². The topological polar surface area (TPSA) is 58.8 Å². The summed E-state index contributed by atoms with van der Waals surface area (Å²) in [6.07, 6.45) is 1.15. The van der Waals surface area contributed by atoms with Crippen LogP contribution >= 0.6 is 11.3 Å². The zero-order valence-electron chi connectivity index (χ0n) is 13.5. The molecule has 6 heteroatoms. The van der Waals surface area contributed by atoms with Crippen molar-refractivity contribution in [1.29, 1.82) is 0 Å². The van der Waals surface area contributed by atoms with E-state index < -0.39 is 0 Å². The van der Waals surface area contributed by atoms with Crippen LogP contribution in [0.4, 0.5) is 10.7 Å². The van der Waals surface area contributed by atoms with Gasteiger partial charge in [-0.3, -0.25) is 4.79 Å². The Morgan fingerprint density at radius 3 is 2.62 bits per heavy atom. The van der Waals surface area contributed by atoms with Crippen LogP contribution in [-0.2, 0) is 0 Å². The lowest BCUT2D eigenvalue weighted by atomic mass is 10.2. The maximum absolute atomic E-state index is 11.8. The summed E-state index contributed by atoms with van der Waals surface area (Å²) in [5.74, 6) is 0.681. The number of ketones is 1. The van der Waals surface area contributed by atoms with Crippen LogP contribution in [-0.4, -0.2) is 50.0 Å². The summed E-state index contributed by atoms with van der Waals surface area (Å²) in [7, 11) is 4.20. The molecule has 1 aliphatic heterocycles. The van der Waals surface area contributed by atoms with Gasteiger partial charge in [0.2, 0.25) is 0 Å². The van der Waals surface area contributed by atoms with Crippen LogP contribution in [0.15, 0.2) is 0 Å². The number of Topliss-reactive ketones (excluding diaryl/α,β-unsaturated/α-hetero) is 1. The molecular formula is C15H25N3O2S. The number of hydrogen-bond acceptors (Lipinski definition) is 6. The van der Waals surface area contributed by atoms with Gasteiger partial charge in [-0.1, -0.05) is 0 Å². The van der Waals surface area contributed by atoms with Crippen molar-refractivity contribution in [3.63, 3.8) is 0 Å². The quantitative estimate of drug-likeness (QED) is 0.847. The standard InChI is InChI=1S/C15H25N3O2S/c1-9(2)20-13-12(16)14(10(3)19)21-15(13)18-7-6-11(8-18)17(4)5/h9,11H,6-8,16H2,1-5H3. The molecule has 0 amide bonds. The van der Waals surface area contributed by atoms with E-state index in [2.05, 4.69) is 23.9 Å². The number of likely N-dealkylation sites (N-methyl/N-ethyl adjacent to an activating group) is 1. The largest absolute Gasteiger partial charge is 0.486 e. The minimum Gasteiger partial charge on any atom is -0.486 e. The first kappa shape index (κ1) is 16.1. The Kier molecular flexibility index (Phi) is 4.78. The van der Waals surface area contributed by atoms with Crippen molar-refractivity contribution in [3.8, 4) is 5.75 Å². The smallest absolute Gasteiger partial charge is 0.177 e. The molecule has 1 unspecified atom stereocenters. The van der Waals surface area contributed by atoms with Gasteiger partial charge in [0.05, 0.1) is 16.7 Å². The van der Waals surface area contributed by atoms with Gasteiger partial charge in [-0.2, -0.15) is 0 Å². The molecule has 1 atom stereocenters. The molecule has 0 aliphatic carbocycles. The van der Waals surface area contributed by atoms with E-state index in [0.29, 0.717) is 22.4 Å². The fraction of sp³-hybridized carbons (Fsp3) is 0.667. The predicted molar refractivity (Wildman–Crippen MR) is 88.8 cm³/mol. The van der Waals surface area contributed by atoms with E-state index in [-0.39, 0.29) is 11.9 Å². The molecule has 118 valence electrons. The minimum atomic E-state index is 0.000660. The molecule has 1 saturated heterocycles. The Labute approximate surface area is 130 Å². The molecular weight excluding hydrogens is 286 g/mol. The average Bonchev–Trinajstić information content (AvgIpc) is 2.95. The van der Waals surface area contributed by atoms with Gasteiger partial charge in [0.25, 0.3) is 0 Å². The Hall–Kier alpha value is -1.27. The molecule has 1 aromatic rings. The molecule has 0 radical (unpaired) electrons. The molecule has 0 aromatic carbocycles. The van der Waals surface area contributed by atoms with Crippen LogP contribution in [0.3, 0.4) is 0 Å². The Bertz CT molecular complexity index is 525. The summed E-state index contributed by atoms with van der Waals surface area (Å²) in [5, 5.41) is 0.996. The molecule has 2 heterocycles. The van der Waals surface area contributed by atoms with E-state index in [1.165, 1.54) is 11.3 Å². The first-order chi connectivity index (χ1) is 9.81. The lowest BCUT2D eigenvalue weighted by Gasteiger charge is -2.22. The number of nitrogens with two attached hydrogens (primary N) is 1. The van der Waals surface area contributed by atoms with Gasteiger partial charge in [0.1, 0.15) is 5.00 Å². The molecule has 0 spiro atoms. The summed E-state index contributed by atoms with van der Waals surface area (Å²) >= 11 is 1.46. The second-order valence-corrected chi connectivity index (χ2v) is 7.05. The van der Waals surface area contributed by atoms with Crippen LogP contribution < -0.4 is 15.4 Å². The molecule has 2 rings (SSSR count). The van der Waals surface area contributed by atoms with Crippen LogP contribution in [0.5, 0.6) is 5.75 Å². The number of hydrogen-bond donors (Lipinski definition) is 1. The first-order valence-electron chi connectivity index (χ1n) is 7.32. The van der Waals surface area contributed by atoms with Gasteiger partial charge in [-0.25, -0.2) is 0 Å². The number of ether oxygens (including phenoxy) is 1. The van der Waals surface area contributed by atoms with Gasteiger partial charge in [0, 0.05) is 26.1 Å². The SMILES string of the molecule is CC(=O)c1sc(N2CCC(N(C)C)C2)c(OC(C)C)c1N. The van der Waals surface area contributed by atoms with E-state index in [1.54, 1.807) is 6.92 Å². The van der Waals surface area contributed by atoms with E-state index >= 15 is 0 Å². The average molecular weight is 311 g/mol. The minimum absolute atomic E-state index is 0.000660. The first-order valence-corrected chi connectivity index (χ1v) is 8.14. The summed E-state index contributed by atoms with van der Waals surface area (Å²) in [4.78, 5) is 16.9. The molecule has 2 N–H and O–H groups in total. The molecule has 5 nitrogen and oxygen atoms in total. The Morgan fingerprint density at radius 1 is 1.48 bits per heavy atom. The summed E-state index contributed by atoms with van der Waals surface area (Å²) in [6.45, 7) is 7.41. The van der Waals surface area contributed by atoms with Crippen LogP contribution in [0.2, 0.25) is 0 Å². The second-order valence-electron chi connectivity index (χ2n) is 6.05. The highest BCUT2D eigenvalue weighted by Crippen LogP contribution is 2.46. The number of nitrogen functional groups attached to an aromatic ring is 1. The van der Waals surface area contributed by atoms with Gasteiger partial charge >= 0.3 is 0 Å². The zero-order valence-corrected chi connectivity index (χ0v) is 14.3. The van der Waals surface area contributed by atoms with Gasteiger partial charge < -0.3 is 20.3 Å². The molecule has 0 bridgehead atoms. The predicted octanol–water partition coefficient (Wildman–Crippen LogP) is 2.46. The van der Waals surface area contributed by atoms with Gasteiger partial charge in [-0.15, -0.1) is 11.3 Å². The third-order valence-electron chi connectivity index (χ3n) is 3.74. The van der Waals surface area contributed by atoms with Crippen molar-refractivity contribution in [2.45, 2.75) is 39.3 Å². The summed E-state index contributed by atoms with van der Waals surface area (Å²) in [6, 6.07) is 0.529. The van der Waals surface area contributed by atoms with E-state index in [4.69, 9.17) is 10.5 Å². The maximum Gasteiger partial charge on any atom is 0.177 e. The normalized spacial score (nSPS) is 18.8. The Balaban J connectivity index is 2.34. The van der Waals surface area contributed by atoms with Crippen LogP contribution in [0, 0.1) is 0 Å². The zero-order chi connectivity index (χ0) is 15.7. The number of carbonyl (C=O) groups is 1. The summed E-state index contributed by atoms with van der Waals surface area (Å²) < 4.78 is 5.89. The molecule has 1 aromatic heterocycles. The number of anilines is 2. The van der Waals surface area contributed by atoms with Crippen molar-refractivity contribution in [2.24, 2.45) is 0 Å². The monoisotopic (exact) mass is 311 g/mol. The van der Waals surface area contributed by atoms with E-state index in [0.717, 1.165) is 24.5 Å².